The van der Waals surface area contributed by atoms with Crippen molar-refractivity contribution in [1.29, 1.82) is 0 Å². The molecule has 0 unspecified atom stereocenters. The van der Waals surface area contributed by atoms with Gasteiger partial charge in [0.05, 0.1) is 0 Å². The van der Waals surface area contributed by atoms with Crippen LogP contribution in [-0.2, 0) is 0 Å². The smallest absolute Gasteiger partial charge is 0.145 e. The molecule has 0 amide bonds. The van der Waals surface area contributed by atoms with Gasteiger partial charge in [-0.2, -0.15) is 0 Å². The molecule has 1 saturated heterocycles. The molecule has 0 N–H and O–H groups in total. The lowest BCUT2D eigenvalue weighted by atomic mass is 10.1. The van der Waals surface area contributed by atoms with Crippen molar-refractivity contribution in [1.82, 2.24) is 0 Å². The van der Waals surface area contributed by atoms with E-state index in [2.05, 4.69) is 13.8 Å². The Kier molecular flexibility index (Phi) is 2.39. The standard InChI is InChI=1S/C7H14Cl2Si/c1-7(2)5-3-4-6-10(7,8)9/h3-6H2,1-2H3. The molecule has 1 fully saturated rings. The van der Waals surface area contributed by atoms with Gasteiger partial charge in [-0.15, -0.1) is 22.2 Å². The van der Waals surface area contributed by atoms with Crippen LogP contribution >= 0.6 is 22.2 Å². The van der Waals surface area contributed by atoms with E-state index < -0.39 is 6.69 Å². The summed E-state index contributed by atoms with van der Waals surface area (Å²) in [4.78, 5) is 0. The van der Waals surface area contributed by atoms with Crippen molar-refractivity contribution in [2.24, 2.45) is 0 Å². The highest BCUT2D eigenvalue weighted by Gasteiger charge is 2.46. The summed E-state index contributed by atoms with van der Waals surface area (Å²) in [7, 11) is 0. The van der Waals surface area contributed by atoms with Gasteiger partial charge < -0.3 is 0 Å². The number of hydrogen-bond acceptors (Lipinski definition) is 0. The van der Waals surface area contributed by atoms with E-state index in [0.29, 0.717) is 0 Å². The van der Waals surface area contributed by atoms with Gasteiger partial charge in [-0.25, -0.2) is 0 Å². The fourth-order valence-corrected chi connectivity index (χ4v) is 4.72. The molecule has 60 valence electrons. The minimum Gasteiger partial charge on any atom is -0.145 e. The topological polar surface area (TPSA) is 0 Å². The first-order chi connectivity index (χ1) is 4.46. The summed E-state index contributed by atoms with van der Waals surface area (Å²) in [5.41, 5.74) is 0. The molecule has 10 heavy (non-hydrogen) atoms. The van der Waals surface area contributed by atoms with Crippen molar-refractivity contribution >= 4 is 28.9 Å². The average Bonchev–Trinajstić information content (AvgIpc) is 1.77. The second-order valence-corrected chi connectivity index (χ2v) is 11.5. The molecule has 0 spiro atoms. The lowest BCUT2D eigenvalue weighted by molar-refractivity contribution is 0.525. The Morgan fingerprint density at radius 1 is 1.20 bits per heavy atom. The Bertz CT molecular complexity index is 116. The Labute approximate surface area is 73.3 Å². The SMILES string of the molecule is CC1(C)CCCC[Si]1(Cl)Cl. The summed E-state index contributed by atoms with van der Waals surface area (Å²) >= 11 is 12.5. The van der Waals surface area contributed by atoms with E-state index in [1.807, 2.05) is 0 Å². The molecule has 0 aromatic rings. The van der Waals surface area contributed by atoms with Gasteiger partial charge in [0.2, 0.25) is 0 Å². The van der Waals surface area contributed by atoms with Crippen LogP contribution in [-0.4, -0.2) is 6.69 Å². The van der Waals surface area contributed by atoms with Gasteiger partial charge in [0.15, 0.2) is 0 Å². The van der Waals surface area contributed by atoms with Crippen LogP contribution in [0.3, 0.4) is 0 Å². The van der Waals surface area contributed by atoms with Crippen LogP contribution in [0.15, 0.2) is 0 Å². The molecule has 0 atom stereocenters. The second-order valence-electron chi connectivity index (χ2n) is 3.80. The van der Waals surface area contributed by atoms with Gasteiger partial charge in [-0.05, 0) is 17.5 Å². The zero-order valence-electron chi connectivity index (χ0n) is 6.58. The summed E-state index contributed by atoms with van der Waals surface area (Å²) in [6, 6.07) is 1.09. The van der Waals surface area contributed by atoms with Gasteiger partial charge in [-0.1, -0.05) is 26.7 Å². The van der Waals surface area contributed by atoms with Crippen molar-refractivity contribution < 1.29 is 0 Å². The first kappa shape index (κ1) is 8.89. The van der Waals surface area contributed by atoms with Crippen molar-refractivity contribution in [3.8, 4) is 0 Å². The normalized spacial score (nSPS) is 30.0. The molecule has 1 heterocycles. The van der Waals surface area contributed by atoms with Crippen LogP contribution in [0.2, 0.25) is 11.1 Å². The van der Waals surface area contributed by atoms with Gasteiger partial charge in [0.25, 0.3) is 6.69 Å². The fraction of sp³-hybridized carbons (Fsp3) is 1.00. The molecule has 0 aromatic carbocycles. The highest BCUT2D eigenvalue weighted by molar-refractivity contribution is 7.46. The van der Waals surface area contributed by atoms with Crippen molar-refractivity contribution in [3.63, 3.8) is 0 Å². The molecule has 0 nitrogen and oxygen atoms in total. The van der Waals surface area contributed by atoms with E-state index in [4.69, 9.17) is 22.2 Å². The van der Waals surface area contributed by atoms with Crippen molar-refractivity contribution in [2.75, 3.05) is 0 Å². The van der Waals surface area contributed by atoms with E-state index in [1.165, 1.54) is 19.3 Å². The third-order valence-electron chi connectivity index (χ3n) is 2.53. The summed E-state index contributed by atoms with van der Waals surface area (Å²) in [5, 5.41) is 0.244. The maximum absolute atomic E-state index is 6.27. The molecule has 3 heteroatoms. The van der Waals surface area contributed by atoms with E-state index in [1.54, 1.807) is 0 Å². The van der Waals surface area contributed by atoms with Crippen LogP contribution < -0.4 is 0 Å². The van der Waals surface area contributed by atoms with Crippen molar-refractivity contribution in [2.45, 2.75) is 44.2 Å². The third-order valence-corrected chi connectivity index (χ3v) is 9.95. The van der Waals surface area contributed by atoms with Gasteiger partial charge in [-0.3, -0.25) is 0 Å². The minimum atomic E-state index is -1.87. The molecule has 1 aliphatic rings. The van der Waals surface area contributed by atoms with Crippen LogP contribution in [0.1, 0.15) is 33.1 Å². The van der Waals surface area contributed by atoms with Crippen LogP contribution in [0, 0.1) is 0 Å². The molecular weight excluding hydrogens is 183 g/mol. The maximum atomic E-state index is 6.27. The predicted octanol–water partition coefficient (Wildman–Crippen LogP) is 3.87. The van der Waals surface area contributed by atoms with Gasteiger partial charge in [0, 0.05) is 0 Å². The number of rotatable bonds is 0. The zero-order valence-corrected chi connectivity index (χ0v) is 9.10. The van der Waals surface area contributed by atoms with E-state index >= 15 is 0 Å². The quantitative estimate of drug-likeness (QED) is 0.408. The molecule has 0 bridgehead atoms. The summed E-state index contributed by atoms with van der Waals surface area (Å²) in [5.74, 6) is 0. The van der Waals surface area contributed by atoms with E-state index in [-0.39, 0.29) is 5.04 Å². The first-order valence-electron chi connectivity index (χ1n) is 3.84. The molecule has 1 aliphatic heterocycles. The second kappa shape index (κ2) is 2.69. The van der Waals surface area contributed by atoms with Crippen LogP contribution in [0.5, 0.6) is 0 Å². The Balaban J connectivity index is 2.70. The number of hydrogen-bond donors (Lipinski definition) is 0. The first-order valence-corrected chi connectivity index (χ1v) is 8.07. The fourth-order valence-electron chi connectivity index (χ4n) is 1.44. The summed E-state index contributed by atoms with van der Waals surface area (Å²) < 4.78 is 0. The minimum absolute atomic E-state index is 0.244. The highest BCUT2D eigenvalue weighted by Crippen LogP contribution is 2.52. The van der Waals surface area contributed by atoms with E-state index in [9.17, 15) is 0 Å². The Morgan fingerprint density at radius 2 is 1.80 bits per heavy atom. The largest absolute Gasteiger partial charge is 0.256 e. The molecule has 0 saturated carbocycles. The Morgan fingerprint density at radius 3 is 2.10 bits per heavy atom. The van der Waals surface area contributed by atoms with Crippen molar-refractivity contribution in [3.05, 3.63) is 0 Å². The molecular formula is C7H14Cl2Si. The third kappa shape index (κ3) is 1.51. The highest BCUT2D eigenvalue weighted by atomic mass is 35.7. The molecule has 0 aromatic heterocycles. The maximum Gasteiger partial charge on any atom is 0.256 e. The number of halogens is 2. The average molecular weight is 197 g/mol. The monoisotopic (exact) mass is 196 g/mol. The molecule has 0 radical (unpaired) electrons. The molecule has 1 rings (SSSR count). The van der Waals surface area contributed by atoms with Crippen LogP contribution in [0.25, 0.3) is 0 Å². The van der Waals surface area contributed by atoms with E-state index in [0.717, 1.165) is 6.04 Å². The Hall–Kier alpha value is 0.797. The zero-order chi connectivity index (χ0) is 7.83. The summed E-state index contributed by atoms with van der Waals surface area (Å²) in [6.45, 7) is 2.54. The molecule has 0 aliphatic carbocycles. The summed E-state index contributed by atoms with van der Waals surface area (Å²) in [6.07, 6.45) is 3.76. The lowest BCUT2D eigenvalue weighted by Gasteiger charge is -2.39. The van der Waals surface area contributed by atoms with Crippen LogP contribution in [0.4, 0.5) is 0 Å². The van der Waals surface area contributed by atoms with Gasteiger partial charge in [0.1, 0.15) is 0 Å². The lowest BCUT2D eigenvalue weighted by Crippen LogP contribution is -2.36. The van der Waals surface area contributed by atoms with Gasteiger partial charge >= 0.3 is 0 Å². The predicted molar refractivity (Wildman–Crippen MR) is 50.2 cm³/mol.